The number of anilines is 2. The minimum Gasteiger partial charge on any atom is -0.461 e. The highest BCUT2D eigenvalue weighted by molar-refractivity contribution is 6.38. The lowest BCUT2D eigenvalue weighted by atomic mass is 10.1. The molecule has 24 heavy (non-hydrogen) atoms. The van der Waals surface area contributed by atoms with Crippen molar-refractivity contribution in [3.63, 3.8) is 0 Å². The number of hydrazone groups is 1. The zero-order valence-corrected chi connectivity index (χ0v) is 13.0. The van der Waals surface area contributed by atoms with Crippen LogP contribution in [0.4, 0.5) is 11.6 Å². The number of esters is 1. The van der Waals surface area contributed by atoms with Crippen molar-refractivity contribution in [2.24, 2.45) is 5.10 Å². The van der Waals surface area contributed by atoms with Crippen LogP contribution in [0, 0.1) is 0 Å². The van der Waals surface area contributed by atoms with E-state index in [0.717, 1.165) is 0 Å². The maximum absolute atomic E-state index is 12.6. The van der Waals surface area contributed by atoms with Crippen molar-refractivity contribution < 1.29 is 14.3 Å². The molecule has 2 N–H and O–H groups in total. The molecule has 9 nitrogen and oxygen atoms in total. The molecule has 1 aliphatic heterocycles. The molecule has 3 rings (SSSR count). The third kappa shape index (κ3) is 3.24. The van der Waals surface area contributed by atoms with E-state index in [0.29, 0.717) is 5.69 Å². The van der Waals surface area contributed by atoms with Gasteiger partial charge in [0.05, 0.1) is 12.3 Å². The highest BCUT2D eigenvalue weighted by Gasteiger charge is 2.37. The molecule has 0 saturated heterocycles. The minimum absolute atomic E-state index is 0.147. The molecule has 0 bridgehead atoms. The number of nitrogens with one attached hydrogen (secondary N) is 2. The first-order chi connectivity index (χ1) is 11.7. The quantitative estimate of drug-likeness (QED) is 0.790. The third-order valence-corrected chi connectivity index (χ3v) is 3.40. The predicted octanol–water partition coefficient (Wildman–Crippen LogP) is 0.941. The normalized spacial score (nSPS) is 16.6. The summed E-state index contributed by atoms with van der Waals surface area (Å²) >= 11 is 0. The van der Waals surface area contributed by atoms with Gasteiger partial charge in [-0.15, -0.1) is 0 Å². The molecule has 1 atom stereocenters. The number of hydrogen-bond donors (Lipinski definition) is 2. The summed E-state index contributed by atoms with van der Waals surface area (Å²) in [6.07, 6.45) is 1.44. The summed E-state index contributed by atoms with van der Waals surface area (Å²) in [6, 6.07) is 8.46. The van der Waals surface area contributed by atoms with E-state index < -0.39 is 12.0 Å². The van der Waals surface area contributed by atoms with Gasteiger partial charge < -0.3 is 4.74 Å². The molecule has 124 valence electrons. The van der Waals surface area contributed by atoms with Gasteiger partial charge in [0.15, 0.2) is 0 Å². The van der Waals surface area contributed by atoms with Crippen molar-refractivity contribution in [1.82, 2.24) is 15.2 Å². The van der Waals surface area contributed by atoms with Crippen LogP contribution in [0.5, 0.6) is 0 Å². The zero-order chi connectivity index (χ0) is 16.9. The number of nitrogens with zero attached hydrogens (tertiary/aromatic N) is 4. The Balaban J connectivity index is 1.84. The van der Waals surface area contributed by atoms with Gasteiger partial charge in [-0.1, -0.05) is 18.2 Å². The first kappa shape index (κ1) is 15.7. The van der Waals surface area contributed by atoms with Crippen LogP contribution in [0.1, 0.15) is 13.3 Å². The van der Waals surface area contributed by atoms with E-state index >= 15 is 0 Å². The molecule has 1 unspecified atom stereocenters. The smallest absolute Gasteiger partial charge is 0.354 e. The molecule has 0 saturated carbocycles. The van der Waals surface area contributed by atoms with Crippen molar-refractivity contribution in [2.45, 2.75) is 19.4 Å². The Morgan fingerprint density at radius 2 is 2.17 bits per heavy atom. The standard InChI is InChI=1S/C15H16N6O3/c1-2-24-14(23)11-8-12(13(22)18-15-16-9-17-19-15)21(20-11)10-6-4-3-5-7-10/h3-7,9,12H,2,8H2,1H3,(H2,16,17,18,19,22). The fourth-order valence-electron chi connectivity index (χ4n) is 2.34. The van der Waals surface area contributed by atoms with Crippen molar-refractivity contribution in [3.05, 3.63) is 36.7 Å². The van der Waals surface area contributed by atoms with Gasteiger partial charge in [-0.3, -0.25) is 15.1 Å². The lowest BCUT2D eigenvalue weighted by Gasteiger charge is -2.22. The monoisotopic (exact) mass is 328 g/mol. The second-order valence-electron chi connectivity index (χ2n) is 4.99. The number of amides is 1. The Hall–Kier alpha value is -3.23. The van der Waals surface area contributed by atoms with E-state index in [1.807, 2.05) is 30.3 Å². The Labute approximate surface area is 137 Å². The van der Waals surface area contributed by atoms with Crippen LogP contribution in [0.2, 0.25) is 0 Å². The molecule has 9 heteroatoms. The first-order valence-corrected chi connectivity index (χ1v) is 7.44. The number of H-pyrrole nitrogens is 1. The Morgan fingerprint density at radius 3 is 2.83 bits per heavy atom. The van der Waals surface area contributed by atoms with E-state index in [1.54, 1.807) is 6.92 Å². The molecule has 0 spiro atoms. The van der Waals surface area contributed by atoms with E-state index in [1.165, 1.54) is 11.3 Å². The van der Waals surface area contributed by atoms with Gasteiger partial charge in [-0.2, -0.15) is 15.2 Å². The third-order valence-electron chi connectivity index (χ3n) is 3.40. The Kier molecular flexibility index (Phi) is 4.50. The second kappa shape index (κ2) is 6.90. The molecule has 0 aliphatic carbocycles. The van der Waals surface area contributed by atoms with Crippen LogP contribution in [-0.4, -0.2) is 45.4 Å². The number of hydrogen-bond acceptors (Lipinski definition) is 7. The fraction of sp³-hybridized carbons (Fsp3) is 0.267. The highest BCUT2D eigenvalue weighted by atomic mass is 16.5. The number of aromatic nitrogens is 3. The number of benzene rings is 1. The van der Waals surface area contributed by atoms with Crippen molar-refractivity contribution in [2.75, 3.05) is 16.9 Å². The van der Waals surface area contributed by atoms with E-state index in [2.05, 4.69) is 25.6 Å². The molecule has 1 aliphatic rings. The number of aromatic amines is 1. The van der Waals surface area contributed by atoms with Crippen molar-refractivity contribution in [3.8, 4) is 0 Å². The van der Waals surface area contributed by atoms with Gasteiger partial charge in [-0.05, 0) is 19.1 Å². The van der Waals surface area contributed by atoms with E-state index in [9.17, 15) is 9.59 Å². The summed E-state index contributed by atoms with van der Waals surface area (Å²) in [6.45, 7) is 1.97. The Bertz CT molecular complexity index is 744. The summed E-state index contributed by atoms with van der Waals surface area (Å²) < 4.78 is 4.99. The maximum Gasteiger partial charge on any atom is 0.354 e. The van der Waals surface area contributed by atoms with Gasteiger partial charge in [0.2, 0.25) is 5.95 Å². The number of para-hydroxylation sites is 1. The van der Waals surface area contributed by atoms with E-state index in [-0.39, 0.29) is 30.6 Å². The van der Waals surface area contributed by atoms with Gasteiger partial charge >= 0.3 is 5.97 Å². The first-order valence-electron chi connectivity index (χ1n) is 7.44. The average molecular weight is 328 g/mol. The fourth-order valence-corrected chi connectivity index (χ4v) is 2.34. The van der Waals surface area contributed by atoms with Crippen LogP contribution in [0.15, 0.2) is 41.8 Å². The highest BCUT2D eigenvalue weighted by Crippen LogP contribution is 2.25. The SMILES string of the molecule is CCOC(=O)C1=NN(c2ccccc2)C(C(=O)Nc2ncn[nH]2)C1. The lowest BCUT2D eigenvalue weighted by Crippen LogP contribution is -2.39. The zero-order valence-electron chi connectivity index (χ0n) is 13.0. The van der Waals surface area contributed by atoms with Gasteiger partial charge in [0, 0.05) is 6.42 Å². The van der Waals surface area contributed by atoms with Gasteiger partial charge in [0.1, 0.15) is 18.1 Å². The summed E-state index contributed by atoms with van der Waals surface area (Å²) in [7, 11) is 0. The predicted molar refractivity (Wildman–Crippen MR) is 86.4 cm³/mol. The molecule has 1 aromatic carbocycles. The Morgan fingerprint density at radius 1 is 1.38 bits per heavy atom. The molecule has 0 fully saturated rings. The number of carbonyl (C=O) groups excluding carboxylic acids is 2. The van der Waals surface area contributed by atoms with Crippen LogP contribution >= 0.6 is 0 Å². The van der Waals surface area contributed by atoms with Gasteiger partial charge in [0.25, 0.3) is 5.91 Å². The van der Waals surface area contributed by atoms with Gasteiger partial charge in [-0.25, -0.2) is 9.89 Å². The lowest BCUT2D eigenvalue weighted by molar-refractivity contribution is -0.135. The molecule has 2 heterocycles. The molecular formula is C15H16N6O3. The van der Waals surface area contributed by atoms with Crippen LogP contribution in [0.3, 0.4) is 0 Å². The van der Waals surface area contributed by atoms with E-state index in [4.69, 9.17) is 4.74 Å². The van der Waals surface area contributed by atoms with Crippen LogP contribution in [-0.2, 0) is 14.3 Å². The summed E-state index contributed by atoms with van der Waals surface area (Å²) in [5, 5.41) is 14.6. The maximum atomic E-state index is 12.6. The molecular weight excluding hydrogens is 312 g/mol. The molecule has 0 radical (unpaired) electrons. The van der Waals surface area contributed by atoms with Crippen LogP contribution < -0.4 is 10.3 Å². The van der Waals surface area contributed by atoms with Crippen molar-refractivity contribution >= 4 is 29.2 Å². The second-order valence-corrected chi connectivity index (χ2v) is 4.99. The topological polar surface area (TPSA) is 113 Å². The molecule has 2 aromatic rings. The largest absolute Gasteiger partial charge is 0.461 e. The number of rotatable bonds is 5. The van der Waals surface area contributed by atoms with Crippen LogP contribution in [0.25, 0.3) is 0 Å². The summed E-state index contributed by atoms with van der Waals surface area (Å²) in [5.41, 5.74) is 0.910. The molecule has 1 amide bonds. The summed E-state index contributed by atoms with van der Waals surface area (Å²) in [5.74, 6) is -0.635. The average Bonchev–Trinajstić information content (AvgIpc) is 3.25. The summed E-state index contributed by atoms with van der Waals surface area (Å²) in [4.78, 5) is 28.4. The minimum atomic E-state index is -0.683. The molecule has 1 aromatic heterocycles. The number of ether oxygens (including phenoxy) is 1. The number of carbonyl (C=O) groups is 2. The van der Waals surface area contributed by atoms with Crippen molar-refractivity contribution in [1.29, 1.82) is 0 Å².